The summed E-state index contributed by atoms with van der Waals surface area (Å²) in [5.74, 6) is 0. The monoisotopic (exact) mass is 362 g/mol. The second kappa shape index (κ2) is 6.23. The number of fused-ring (bicyclic) bond motifs is 2. The molecule has 0 aliphatic carbocycles. The molecule has 0 bridgehead atoms. The molecule has 0 spiro atoms. The Morgan fingerprint density at radius 1 is 1.08 bits per heavy atom. The molecule has 6 heteroatoms. The lowest BCUT2D eigenvalue weighted by Crippen LogP contribution is -2.38. The zero-order valence-electron chi connectivity index (χ0n) is 14.2. The number of nitrogens with zero attached hydrogens (tertiary/aromatic N) is 4. The molecular weight excluding hydrogens is 344 g/mol. The van der Waals surface area contributed by atoms with Crippen LogP contribution >= 0.6 is 11.3 Å². The van der Waals surface area contributed by atoms with Gasteiger partial charge in [-0.15, -0.1) is 11.3 Å². The maximum Gasteiger partial charge on any atom is 0.258 e. The highest BCUT2D eigenvalue weighted by atomic mass is 32.1. The van der Waals surface area contributed by atoms with Gasteiger partial charge in [0.25, 0.3) is 5.56 Å². The van der Waals surface area contributed by atoms with Crippen LogP contribution in [0.4, 0.5) is 0 Å². The van der Waals surface area contributed by atoms with Crippen LogP contribution in [0.1, 0.15) is 23.0 Å². The lowest BCUT2D eigenvalue weighted by atomic mass is 10.00. The third kappa shape index (κ3) is 2.58. The molecule has 3 aromatic heterocycles. The maximum absolute atomic E-state index is 12.3. The van der Waals surface area contributed by atoms with E-state index in [1.165, 1.54) is 22.6 Å². The Kier molecular flexibility index (Phi) is 3.72. The Bertz CT molecular complexity index is 1110. The lowest BCUT2D eigenvalue weighted by Gasteiger charge is -2.37. The third-order valence-electron chi connectivity index (χ3n) is 4.97. The van der Waals surface area contributed by atoms with E-state index in [0.717, 1.165) is 23.7 Å². The molecule has 0 radical (unpaired) electrons. The van der Waals surface area contributed by atoms with Crippen LogP contribution in [0.25, 0.3) is 4.96 Å². The van der Waals surface area contributed by atoms with Crippen molar-refractivity contribution in [2.45, 2.75) is 19.1 Å². The van der Waals surface area contributed by atoms with Gasteiger partial charge >= 0.3 is 0 Å². The van der Waals surface area contributed by atoms with Gasteiger partial charge in [0, 0.05) is 49.2 Å². The van der Waals surface area contributed by atoms with Gasteiger partial charge in [0.15, 0.2) is 4.96 Å². The summed E-state index contributed by atoms with van der Waals surface area (Å²) in [4.78, 5) is 20.2. The molecule has 0 amide bonds. The first-order valence-electron chi connectivity index (χ1n) is 8.69. The summed E-state index contributed by atoms with van der Waals surface area (Å²) in [6.45, 7) is 2.53. The molecule has 0 N–H and O–H groups in total. The average Bonchev–Trinajstić information content (AvgIpc) is 3.31. The van der Waals surface area contributed by atoms with Crippen LogP contribution in [0, 0.1) is 0 Å². The zero-order valence-corrected chi connectivity index (χ0v) is 15.0. The van der Waals surface area contributed by atoms with Crippen LogP contribution in [0.3, 0.4) is 0 Å². The predicted octanol–water partition coefficient (Wildman–Crippen LogP) is 3.16. The number of rotatable bonds is 3. The van der Waals surface area contributed by atoms with Crippen molar-refractivity contribution in [2.24, 2.45) is 0 Å². The quantitative estimate of drug-likeness (QED) is 0.562. The van der Waals surface area contributed by atoms with Crippen LogP contribution in [-0.2, 0) is 13.1 Å². The fourth-order valence-electron chi connectivity index (χ4n) is 3.80. The second-order valence-electron chi connectivity index (χ2n) is 6.55. The average molecular weight is 362 g/mol. The van der Waals surface area contributed by atoms with Crippen LogP contribution < -0.4 is 5.56 Å². The molecule has 1 aromatic carbocycles. The van der Waals surface area contributed by atoms with E-state index in [1.807, 2.05) is 11.4 Å². The number of aromatic nitrogens is 3. The van der Waals surface area contributed by atoms with Crippen molar-refractivity contribution in [3.63, 3.8) is 0 Å². The molecule has 5 rings (SSSR count). The minimum absolute atomic E-state index is 0.0112. The second-order valence-corrected chi connectivity index (χ2v) is 7.42. The molecule has 1 atom stereocenters. The highest BCUT2D eigenvalue weighted by Gasteiger charge is 2.29. The molecule has 130 valence electrons. The molecule has 26 heavy (non-hydrogen) atoms. The maximum atomic E-state index is 12.3. The standard InChI is InChI=1S/C20H18N4OS/c25-18-13-16(21-20-24(18)11-12-26-20)14-23-10-9-22-8-4-7-17(22)19(23)15-5-2-1-3-6-15/h1-8,11-13,19H,9-10,14H2. The van der Waals surface area contributed by atoms with Crippen molar-refractivity contribution in [3.05, 3.63) is 93.6 Å². The number of benzene rings is 1. The van der Waals surface area contributed by atoms with Crippen molar-refractivity contribution in [1.82, 2.24) is 18.9 Å². The minimum atomic E-state index is -0.0112. The van der Waals surface area contributed by atoms with E-state index >= 15 is 0 Å². The molecule has 0 saturated heterocycles. The van der Waals surface area contributed by atoms with Crippen molar-refractivity contribution in [3.8, 4) is 0 Å². The molecule has 1 aliphatic heterocycles. The third-order valence-corrected chi connectivity index (χ3v) is 5.73. The molecule has 4 aromatic rings. The Labute approximate surface area is 154 Å². The summed E-state index contributed by atoms with van der Waals surface area (Å²) in [7, 11) is 0. The summed E-state index contributed by atoms with van der Waals surface area (Å²) < 4.78 is 3.92. The molecule has 0 fully saturated rings. The highest BCUT2D eigenvalue weighted by molar-refractivity contribution is 7.15. The van der Waals surface area contributed by atoms with E-state index < -0.39 is 0 Å². The first kappa shape index (κ1) is 15.5. The number of hydrogen-bond donors (Lipinski definition) is 0. The van der Waals surface area contributed by atoms with Gasteiger partial charge in [-0.2, -0.15) is 0 Å². The zero-order chi connectivity index (χ0) is 17.5. The molecule has 4 heterocycles. The fourth-order valence-corrected chi connectivity index (χ4v) is 4.53. The molecule has 1 unspecified atom stereocenters. The van der Waals surface area contributed by atoms with Gasteiger partial charge in [0.1, 0.15) is 0 Å². The minimum Gasteiger partial charge on any atom is -0.348 e. The molecule has 0 saturated carbocycles. The first-order valence-corrected chi connectivity index (χ1v) is 9.57. The number of thiazole rings is 1. The smallest absolute Gasteiger partial charge is 0.258 e. The van der Waals surface area contributed by atoms with Crippen molar-refractivity contribution in [1.29, 1.82) is 0 Å². The number of hydrogen-bond acceptors (Lipinski definition) is 4. The van der Waals surface area contributed by atoms with E-state index in [2.05, 4.69) is 52.1 Å². The Morgan fingerprint density at radius 3 is 2.85 bits per heavy atom. The molecule has 5 nitrogen and oxygen atoms in total. The normalized spacial score (nSPS) is 17.5. The van der Waals surface area contributed by atoms with Crippen LogP contribution in [0.5, 0.6) is 0 Å². The Hall–Kier alpha value is -2.70. The van der Waals surface area contributed by atoms with Gasteiger partial charge in [-0.1, -0.05) is 30.3 Å². The van der Waals surface area contributed by atoms with Crippen molar-refractivity contribution >= 4 is 16.3 Å². The summed E-state index contributed by atoms with van der Waals surface area (Å²) in [6, 6.07) is 16.7. The van der Waals surface area contributed by atoms with E-state index in [1.54, 1.807) is 16.7 Å². The van der Waals surface area contributed by atoms with Gasteiger partial charge in [0.05, 0.1) is 11.7 Å². The van der Waals surface area contributed by atoms with Gasteiger partial charge in [-0.3, -0.25) is 14.1 Å². The van der Waals surface area contributed by atoms with Gasteiger partial charge < -0.3 is 4.57 Å². The summed E-state index contributed by atoms with van der Waals surface area (Å²) >= 11 is 1.49. The van der Waals surface area contributed by atoms with E-state index in [0.29, 0.717) is 6.54 Å². The first-order chi connectivity index (χ1) is 12.8. The van der Waals surface area contributed by atoms with E-state index in [4.69, 9.17) is 4.98 Å². The van der Waals surface area contributed by atoms with Gasteiger partial charge in [-0.05, 0) is 17.7 Å². The fraction of sp³-hybridized carbons (Fsp3) is 0.200. The molecule has 1 aliphatic rings. The van der Waals surface area contributed by atoms with Crippen LogP contribution in [0.2, 0.25) is 0 Å². The van der Waals surface area contributed by atoms with Crippen LogP contribution in [-0.4, -0.2) is 25.4 Å². The Balaban J connectivity index is 1.55. The van der Waals surface area contributed by atoms with Gasteiger partial charge in [-0.25, -0.2) is 4.98 Å². The SMILES string of the molecule is O=c1cc(CN2CCn3cccc3C2c2ccccc2)nc2sccn12. The van der Waals surface area contributed by atoms with Crippen molar-refractivity contribution in [2.75, 3.05) is 6.54 Å². The van der Waals surface area contributed by atoms with Crippen LogP contribution in [0.15, 0.2) is 71.1 Å². The highest BCUT2D eigenvalue weighted by Crippen LogP contribution is 2.33. The summed E-state index contributed by atoms with van der Waals surface area (Å²) in [5, 5.41) is 1.90. The van der Waals surface area contributed by atoms with E-state index in [9.17, 15) is 4.79 Å². The molecular formula is C20H18N4OS. The Morgan fingerprint density at radius 2 is 1.96 bits per heavy atom. The van der Waals surface area contributed by atoms with Gasteiger partial charge in [0.2, 0.25) is 0 Å². The lowest BCUT2D eigenvalue weighted by molar-refractivity contribution is 0.172. The largest absolute Gasteiger partial charge is 0.348 e. The topological polar surface area (TPSA) is 42.5 Å². The summed E-state index contributed by atoms with van der Waals surface area (Å²) in [6.07, 6.45) is 3.92. The van der Waals surface area contributed by atoms with E-state index in [-0.39, 0.29) is 11.6 Å². The van der Waals surface area contributed by atoms with Crippen molar-refractivity contribution < 1.29 is 0 Å². The predicted molar refractivity (Wildman–Crippen MR) is 102 cm³/mol. The summed E-state index contributed by atoms with van der Waals surface area (Å²) in [5.41, 5.74) is 3.37.